The van der Waals surface area contributed by atoms with Crippen molar-refractivity contribution in [1.29, 1.82) is 0 Å². The second-order valence-electron chi connectivity index (χ2n) is 11.9. The van der Waals surface area contributed by atoms with E-state index in [1.165, 1.54) is 6.42 Å². The highest BCUT2D eigenvalue weighted by atomic mass is 16.5. The predicted molar refractivity (Wildman–Crippen MR) is 141 cm³/mol. The van der Waals surface area contributed by atoms with Gasteiger partial charge in [0.2, 0.25) is 5.91 Å². The average Bonchev–Trinajstić information content (AvgIpc) is 3.10. The lowest BCUT2D eigenvalue weighted by Gasteiger charge is -2.40. The lowest BCUT2D eigenvalue weighted by molar-refractivity contribution is -0.129. The molecule has 6 atom stereocenters. The van der Waals surface area contributed by atoms with Gasteiger partial charge in [-0.3, -0.25) is 9.59 Å². The lowest BCUT2D eigenvalue weighted by atomic mass is 9.63. The van der Waals surface area contributed by atoms with Gasteiger partial charge in [-0.25, -0.2) is 0 Å². The van der Waals surface area contributed by atoms with Crippen LogP contribution in [0, 0.1) is 34.5 Å². The summed E-state index contributed by atoms with van der Waals surface area (Å²) in [5, 5.41) is 16.6. The highest BCUT2D eigenvalue weighted by molar-refractivity contribution is 5.96. The Labute approximate surface area is 213 Å². The van der Waals surface area contributed by atoms with Gasteiger partial charge in [0.25, 0.3) is 0 Å². The number of amides is 1. The topological polar surface area (TPSA) is 87.7 Å². The van der Waals surface area contributed by atoms with Crippen molar-refractivity contribution < 1.29 is 19.4 Å². The molecule has 0 radical (unpaired) electrons. The van der Waals surface area contributed by atoms with Gasteiger partial charge in [0.05, 0.1) is 5.69 Å². The first-order valence-corrected chi connectivity index (χ1v) is 13.2. The van der Waals surface area contributed by atoms with Gasteiger partial charge in [0.1, 0.15) is 23.0 Å². The van der Waals surface area contributed by atoms with E-state index in [4.69, 9.17) is 4.74 Å². The SMILES string of the molecule is CNc1cccc(Oc2ccc(O)c(NC(=O)C3(C)CC4CC(C3)C3CC(C)(C(C)=O)CCC43)c2)c1. The molecule has 6 nitrogen and oxygen atoms in total. The van der Waals surface area contributed by atoms with Crippen LogP contribution in [-0.2, 0) is 9.59 Å². The van der Waals surface area contributed by atoms with Crippen LogP contribution in [0.15, 0.2) is 42.5 Å². The fourth-order valence-electron chi connectivity index (χ4n) is 7.33. The Morgan fingerprint density at radius 2 is 1.69 bits per heavy atom. The highest BCUT2D eigenvalue weighted by Gasteiger charge is 2.57. The van der Waals surface area contributed by atoms with Gasteiger partial charge in [-0.1, -0.05) is 19.9 Å². The Kier molecular flexibility index (Phi) is 6.26. The number of phenolic OH excluding ortho intramolecular Hbond substituents is 1. The van der Waals surface area contributed by atoms with Gasteiger partial charge in [0, 0.05) is 35.7 Å². The molecule has 0 aliphatic heterocycles. The number of carbonyl (C=O) groups excluding carboxylic acids is 2. The summed E-state index contributed by atoms with van der Waals surface area (Å²) >= 11 is 0. The van der Waals surface area contributed by atoms with Crippen molar-refractivity contribution in [2.24, 2.45) is 34.5 Å². The number of rotatable bonds is 6. The lowest BCUT2D eigenvalue weighted by Crippen LogP contribution is -2.39. The second kappa shape index (κ2) is 9.13. The van der Waals surface area contributed by atoms with Gasteiger partial charge in [-0.15, -0.1) is 0 Å². The first-order chi connectivity index (χ1) is 17.1. The standard InChI is InChI=1S/C30H38N2O4/c1-18(33)29(2)11-10-24-19-12-20(25(24)17-29)16-30(3,15-19)28(35)32-26-14-23(8-9-27(26)34)36-22-7-5-6-21(13-22)31-4/h5-9,13-14,19-20,24-25,31,34H,10-12,15-17H2,1-4H3,(H,32,35). The van der Waals surface area contributed by atoms with Crippen LogP contribution in [0.1, 0.15) is 59.3 Å². The fourth-order valence-corrected chi connectivity index (χ4v) is 7.33. The molecule has 3 N–H and O–H groups in total. The van der Waals surface area contributed by atoms with Crippen LogP contribution in [0.25, 0.3) is 0 Å². The number of benzene rings is 2. The van der Waals surface area contributed by atoms with Crippen molar-refractivity contribution >= 4 is 23.1 Å². The van der Waals surface area contributed by atoms with Gasteiger partial charge in [-0.2, -0.15) is 0 Å². The third-order valence-corrected chi connectivity index (χ3v) is 9.48. The van der Waals surface area contributed by atoms with Crippen molar-refractivity contribution in [3.8, 4) is 17.2 Å². The van der Waals surface area contributed by atoms with Crippen molar-refractivity contribution in [3.63, 3.8) is 0 Å². The number of fused-ring (bicyclic) bond motifs is 5. The van der Waals surface area contributed by atoms with E-state index in [2.05, 4.69) is 24.5 Å². The van der Waals surface area contributed by atoms with E-state index in [-0.39, 0.29) is 17.1 Å². The van der Waals surface area contributed by atoms with Crippen molar-refractivity contribution in [2.45, 2.75) is 59.3 Å². The number of carbonyl (C=O) groups is 2. The maximum absolute atomic E-state index is 13.6. The summed E-state index contributed by atoms with van der Waals surface area (Å²) in [4.78, 5) is 26.0. The maximum atomic E-state index is 13.6. The van der Waals surface area contributed by atoms with Gasteiger partial charge in [0.15, 0.2) is 0 Å². The zero-order valence-corrected chi connectivity index (χ0v) is 21.8. The van der Waals surface area contributed by atoms with Gasteiger partial charge < -0.3 is 20.5 Å². The molecule has 36 heavy (non-hydrogen) atoms. The van der Waals surface area contributed by atoms with Crippen LogP contribution in [0.4, 0.5) is 11.4 Å². The minimum Gasteiger partial charge on any atom is -0.506 e. The normalized spacial score (nSPS) is 32.9. The summed E-state index contributed by atoms with van der Waals surface area (Å²) in [7, 11) is 1.85. The van der Waals surface area contributed by atoms with E-state index in [0.29, 0.717) is 46.6 Å². The minimum atomic E-state index is -0.498. The molecule has 3 aliphatic rings. The molecule has 5 rings (SSSR count). The third kappa shape index (κ3) is 4.46. The van der Waals surface area contributed by atoms with Crippen LogP contribution in [-0.4, -0.2) is 23.8 Å². The van der Waals surface area contributed by atoms with E-state index in [1.807, 2.05) is 31.3 Å². The molecule has 0 saturated heterocycles. The Morgan fingerprint density at radius 3 is 2.42 bits per heavy atom. The Hall–Kier alpha value is -3.02. The maximum Gasteiger partial charge on any atom is 0.230 e. The summed E-state index contributed by atoms with van der Waals surface area (Å²) in [6.07, 6.45) is 5.88. The van der Waals surface area contributed by atoms with E-state index < -0.39 is 5.41 Å². The van der Waals surface area contributed by atoms with Gasteiger partial charge in [-0.05, 0) is 93.4 Å². The van der Waals surface area contributed by atoms with Crippen LogP contribution >= 0.6 is 0 Å². The summed E-state index contributed by atoms with van der Waals surface area (Å²) in [6, 6.07) is 12.5. The van der Waals surface area contributed by atoms with Gasteiger partial charge >= 0.3 is 0 Å². The summed E-state index contributed by atoms with van der Waals surface area (Å²) in [5.74, 6) is 3.65. The molecular weight excluding hydrogens is 452 g/mol. The summed E-state index contributed by atoms with van der Waals surface area (Å²) in [5.41, 5.74) is 0.588. The fraction of sp³-hybridized carbons (Fsp3) is 0.533. The number of hydrogen-bond acceptors (Lipinski definition) is 5. The number of nitrogens with one attached hydrogen (secondary N) is 2. The van der Waals surface area contributed by atoms with E-state index in [0.717, 1.165) is 37.8 Å². The molecular formula is C30H38N2O4. The molecule has 0 spiro atoms. The summed E-state index contributed by atoms with van der Waals surface area (Å²) < 4.78 is 5.99. The first kappa shape index (κ1) is 24.7. The Morgan fingerprint density at radius 1 is 0.972 bits per heavy atom. The number of anilines is 2. The number of hydrogen-bond donors (Lipinski definition) is 3. The third-order valence-electron chi connectivity index (χ3n) is 9.48. The second-order valence-corrected chi connectivity index (χ2v) is 11.9. The van der Waals surface area contributed by atoms with E-state index >= 15 is 0 Å². The number of ether oxygens (including phenoxy) is 1. The number of aromatic hydroxyl groups is 1. The van der Waals surface area contributed by atoms with Crippen LogP contribution in [0.2, 0.25) is 0 Å². The molecule has 192 valence electrons. The summed E-state index contributed by atoms with van der Waals surface area (Å²) in [6.45, 7) is 5.94. The smallest absolute Gasteiger partial charge is 0.230 e. The molecule has 3 aliphatic carbocycles. The number of ketones is 1. The molecule has 2 bridgehead atoms. The molecule has 0 aromatic heterocycles. The average molecular weight is 491 g/mol. The first-order valence-electron chi connectivity index (χ1n) is 13.2. The van der Waals surface area contributed by atoms with Crippen molar-refractivity contribution in [3.05, 3.63) is 42.5 Å². The molecule has 6 heteroatoms. The molecule has 0 heterocycles. The van der Waals surface area contributed by atoms with E-state index in [9.17, 15) is 14.7 Å². The van der Waals surface area contributed by atoms with E-state index in [1.54, 1.807) is 25.1 Å². The molecule has 2 aromatic rings. The van der Waals surface area contributed by atoms with Crippen molar-refractivity contribution in [2.75, 3.05) is 17.7 Å². The molecule has 3 fully saturated rings. The van der Waals surface area contributed by atoms with Crippen LogP contribution in [0.3, 0.4) is 0 Å². The van der Waals surface area contributed by atoms with Crippen LogP contribution < -0.4 is 15.4 Å². The molecule has 1 amide bonds. The predicted octanol–water partition coefficient (Wildman–Crippen LogP) is 6.61. The van der Waals surface area contributed by atoms with Crippen molar-refractivity contribution in [1.82, 2.24) is 0 Å². The molecule has 6 unspecified atom stereocenters. The zero-order valence-electron chi connectivity index (χ0n) is 21.8. The molecule has 2 aromatic carbocycles. The number of phenols is 1. The number of Topliss-reactive ketones (excluding diaryl/α,β-unsaturated/α-hetero) is 1. The Bertz CT molecular complexity index is 1180. The largest absolute Gasteiger partial charge is 0.506 e. The molecule has 3 saturated carbocycles. The van der Waals surface area contributed by atoms with Crippen LogP contribution in [0.5, 0.6) is 17.2 Å². The zero-order chi connectivity index (χ0) is 25.7. The Balaban J connectivity index is 1.31. The minimum absolute atomic E-state index is 0.0213. The monoisotopic (exact) mass is 490 g/mol. The quantitative estimate of drug-likeness (QED) is 0.397. The highest BCUT2D eigenvalue weighted by Crippen LogP contribution is 2.62.